The number of hydrogen-bond acceptors (Lipinski definition) is 5. The van der Waals surface area contributed by atoms with E-state index in [1.165, 1.54) is 22.6 Å². The number of anilines is 1. The zero-order valence-corrected chi connectivity index (χ0v) is 19.0. The van der Waals surface area contributed by atoms with Crippen LogP contribution in [0.4, 0.5) is 5.69 Å². The van der Waals surface area contributed by atoms with Gasteiger partial charge in [0.2, 0.25) is 0 Å². The number of thiophene rings is 1. The summed E-state index contributed by atoms with van der Waals surface area (Å²) in [5, 5.41) is 3.03. The third-order valence-corrected chi connectivity index (χ3v) is 6.84. The van der Waals surface area contributed by atoms with Gasteiger partial charge in [-0.1, -0.05) is 24.3 Å². The molecule has 162 valence electrons. The molecule has 1 N–H and O–H groups in total. The molecule has 0 saturated carbocycles. The molecule has 1 fully saturated rings. The fraction of sp³-hybridized carbons (Fsp3) is 0.320. The number of ether oxygens (including phenoxy) is 1. The lowest BCUT2D eigenvalue weighted by Crippen LogP contribution is -2.44. The molecule has 1 amide bonds. The first-order chi connectivity index (χ1) is 15.1. The molecule has 2 aromatic carbocycles. The molecule has 2 heterocycles. The average Bonchev–Trinajstić information content (AvgIpc) is 3.31. The van der Waals surface area contributed by atoms with E-state index in [1.807, 2.05) is 36.4 Å². The first-order valence-electron chi connectivity index (χ1n) is 10.7. The van der Waals surface area contributed by atoms with Crippen molar-refractivity contribution in [2.45, 2.75) is 6.42 Å². The van der Waals surface area contributed by atoms with Crippen LogP contribution in [0.2, 0.25) is 0 Å². The van der Waals surface area contributed by atoms with E-state index in [-0.39, 0.29) is 5.91 Å². The van der Waals surface area contributed by atoms with Crippen molar-refractivity contribution in [3.63, 3.8) is 0 Å². The van der Waals surface area contributed by atoms with Crippen LogP contribution >= 0.6 is 11.3 Å². The molecule has 6 heteroatoms. The number of nitrogens with zero attached hydrogens (tertiary/aromatic N) is 2. The third kappa shape index (κ3) is 5.46. The van der Waals surface area contributed by atoms with E-state index in [1.54, 1.807) is 7.11 Å². The summed E-state index contributed by atoms with van der Waals surface area (Å²) in [6.45, 7) is 4.94. The second kappa shape index (κ2) is 9.98. The minimum Gasteiger partial charge on any atom is -0.497 e. The summed E-state index contributed by atoms with van der Waals surface area (Å²) in [5.74, 6) is 0.828. The van der Waals surface area contributed by atoms with Crippen molar-refractivity contribution in [1.29, 1.82) is 0 Å². The number of carbonyl (C=O) groups is 1. The molecule has 0 bridgehead atoms. The Bertz CT molecular complexity index is 990. The van der Waals surface area contributed by atoms with Gasteiger partial charge in [0.15, 0.2) is 0 Å². The Kier molecular flexibility index (Phi) is 6.89. The Labute approximate surface area is 188 Å². The molecule has 0 atom stereocenters. The van der Waals surface area contributed by atoms with Crippen molar-refractivity contribution in [1.82, 2.24) is 10.2 Å². The highest BCUT2D eigenvalue weighted by molar-refractivity contribution is 7.17. The van der Waals surface area contributed by atoms with Crippen LogP contribution in [0.3, 0.4) is 0 Å². The monoisotopic (exact) mass is 435 g/mol. The van der Waals surface area contributed by atoms with E-state index < -0.39 is 0 Å². The summed E-state index contributed by atoms with van der Waals surface area (Å²) >= 11 is 1.54. The number of carbonyl (C=O) groups excluding carboxylic acids is 1. The second-order valence-corrected chi connectivity index (χ2v) is 8.94. The van der Waals surface area contributed by atoms with Gasteiger partial charge in [0.05, 0.1) is 12.0 Å². The van der Waals surface area contributed by atoms with Crippen molar-refractivity contribution in [2.24, 2.45) is 0 Å². The summed E-state index contributed by atoms with van der Waals surface area (Å²) < 4.78 is 5.18. The van der Waals surface area contributed by atoms with E-state index in [2.05, 4.69) is 46.4 Å². The van der Waals surface area contributed by atoms with Gasteiger partial charge in [-0.3, -0.25) is 4.79 Å². The standard InChI is InChI=1S/C25H29N3O2S/c1-27-15-17-28(18-16-27)21-7-5-20(6-8-21)23-11-12-24(31-23)25(29)26-14-13-19-3-9-22(30-2)10-4-19/h3-12H,13-18H2,1-2H3,(H,26,29). The number of hydrogen-bond donors (Lipinski definition) is 1. The molecule has 31 heavy (non-hydrogen) atoms. The van der Waals surface area contributed by atoms with Gasteiger partial charge in [-0.15, -0.1) is 11.3 Å². The Morgan fingerprint density at radius 2 is 1.68 bits per heavy atom. The SMILES string of the molecule is COc1ccc(CCNC(=O)c2ccc(-c3ccc(N4CCN(C)CC4)cc3)s2)cc1. The number of piperazine rings is 1. The van der Waals surface area contributed by atoms with E-state index in [9.17, 15) is 4.79 Å². The minimum atomic E-state index is -0.0150. The fourth-order valence-corrected chi connectivity index (χ4v) is 4.64. The van der Waals surface area contributed by atoms with Crippen LogP contribution in [0.1, 0.15) is 15.2 Å². The summed E-state index contributed by atoms with van der Waals surface area (Å²) in [6, 6.07) is 20.6. The maximum Gasteiger partial charge on any atom is 0.261 e. The number of nitrogens with one attached hydrogen (secondary N) is 1. The first-order valence-corrected chi connectivity index (χ1v) is 11.5. The molecule has 1 aliphatic heterocycles. The lowest BCUT2D eigenvalue weighted by Gasteiger charge is -2.34. The summed E-state index contributed by atoms with van der Waals surface area (Å²) in [6.07, 6.45) is 0.793. The predicted octanol–water partition coefficient (Wildman–Crippen LogP) is 4.15. The highest BCUT2D eigenvalue weighted by atomic mass is 32.1. The van der Waals surface area contributed by atoms with Crippen molar-refractivity contribution < 1.29 is 9.53 Å². The highest BCUT2D eigenvalue weighted by Gasteiger charge is 2.15. The Balaban J connectivity index is 1.31. The molecule has 3 aromatic rings. The molecule has 1 aliphatic rings. The van der Waals surface area contributed by atoms with Crippen LogP contribution in [0.5, 0.6) is 5.75 Å². The van der Waals surface area contributed by atoms with E-state index in [0.29, 0.717) is 6.54 Å². The topological polar surface area (TPSA) is 44.8 Å². The number of rotatable bonds is 7. The molecule has 4 rings (SSSR count). The van der Waals surface area contributed by atoms with Crippen LogP contribution in [0, 0.1) is 0 Å². The van der Waals surface area contributed by atoms with Crippen LogP contribution in [0.15, 0.2) is 60.7 Å². The zero-order chi connectivity index (χ0) is 21.6. The summed E-state index contributed by atoms with van der Waals surface area (Å²) in [7, 11) is 3.83. The van der Waals surface area contributed by atoms with Gasteiger partial charge in [-0.05, 0) is 61.0 Å². The van der Waals surface area contributed by atoms with Gasteiger partial charge in [0, 0.05) is 43.3 Å². The molecule has 0 aliphatic carbocycles. The quantitative estimate of drug-likeness (QED) is 0.606. The van der Waals surface area contributed by atoms with Gasteiger partial charge in [0.25, 0.3) is 5.91 Å². The van der Waals surface area contributed by atoms with E-state index >= 15 is 0 Å². The number of likely N-dealkylation sites (N-methyl/N-ethyl adjacent to an activating group) is 1. The molecule has 1 aromatic heterocycles. The zero-order valence-electron chi connectivity index (χ0n) is 18.1. The lowest BCUT2D eigenvalue weighted by atomic mass is 10.1. The maximum atomic E-state index is 12.5. The van der Waals surface area contributed by atoms with E-state index in [0.717, 1.165) is 53.7 Å². The molecular weight excluding hydrogens is 406 g/mol. The fourth-order valence-electron chi connectivity index (χ4n) is 3.72. The Morgan fingerprint density at radius 3 is 2.35 bits per heavy atom. The number of amides is 1. The molecule has 1 saturated heterocycles. The first kappa shape index (κ1) is 21.4. The van der Waals surface area contributed by atoms with Gasteiger partial charge < -0.3 is 19.9 Å². The minimum absolute atomic E-state index is 0.0150. The molecule has 0 radical (unpaired) electrons. The van der Waals surface area contributed by atoms with Gasteiger partial charge >= 0.3 is 0 Å². The Hall–Kier alpha value is -2.83. The van der Waals surface area contributed by atoms with Crippen LogP contribution < -0.4 is 15.0 Å². The van der Waals surface area contributed by atoms with Crippen molar-refractivity contribution >= 4 is 22.9 Å². The number of methoxy groups -OCH3 is 1. The lowest BCUT2D eigenvalue weighted by molar-refractivity contribution is 0.0958. The summed E-state index contributed by atoms with van der Waals surface area (Å²) in [4.78, 5) is 19.2. The van der Waals surface area contributed by atoms with Crippen LogP contribution in [-0.2, 0) is 6.42 Å². The van der Waals surface area contributed by atoms with Crippen LogP contribution in [-0.4, -0.2) is 57.7 Å². The number of benzene rings is 2. The molecular formula is C25H29N3O2S. The second-order valence-electron chi connectivity index (χ2n) is 7.86. The maximum absolute atomic E-state index is 12.5. The average molecular weight is 436 g/mol. The smallest absolute Gasteiger partial charge is 0.261 e. The van der Waals surface area contributed by atoms with Crippen molar-refractivity contribution in [3.8, 4) is 16.2 Å². The van der Waals surface area contributed by atoms with Gasteiger partial charge in [-0.25, -0.2) is 0 Å². The molecule has 5 nitrogen and oxygen atoms in total. The largest absolute Gasteiger partial charge is 0.497 e. The molecule has 0 spiro atoms. The molecule has 0 unspecified atom stereocenters. The third-order valence-electron chi connectivity index (χ3n) is 5.71. The highest BCUT2D eigenvalue weighted by Crippen LogP contribution is 2.30. The van der Waals surface area contributed by atoms with Crippen molar-refractivity contribution in [2.75, 3.05) is 51.8 Å². The van der Waals surface area contributed by atoms with Crippen molar-refractivity contribution in [3.05, 3.63) is 71.1 Å². The summed E-state index contributed by atoms with van der Waals surface area (Å²) in [5.41, 5.74) is 3.60. The van der Waals surface area contributed by atoms with Crippen LogP contribution in [0.25, 0.3) is 10.4 Å². The van der Waals surface area contributed by atoms with Gasteiger partial charge in [0.1, 0.15) is 5.75 Å². The van der Waals surface area contributed by atoms with E-state index in [4.69, 9.17) is 4.74 Å². The normalized spacial score (nSPS) is 14.5. The predicted molar refractivity (Wildman–Crippen MR) is 128 cm³/mol. The Morgan fingerprint density at radius 1 is 0.968 bits per heavy atom. The van der Waals surface area contributed by atoms with Gasteiger partial charge in [-0.2, -0.15) is 0 Å².